The van der Waals surface area contributed by atoms with Crippen molar-refractivity contribution >= 4 is 12.0 Å². The maximum absolute atomic E-state index is 11.9. The van der Waals surface area contributed by atoms with Crippen LogP contribution in [0, 0.1) is 5.92 Å². The molecule has 1 aliphatic rings. The molecule has 1 heterocycles. The lowest BCUT2D eigenvalue weighted by Gasteiger charge is -2.30. The third-order valence-corrected chi connectivity index (χ3v) is 3.16. The maximum atomic E-state index is 11.9. The SMILES string of the molecule is CC[C@H](C)[C@H](NC(=O)N1CCNCC1)C(=O)O. The van der Waals surface area contributed by atoms with Gasteiger partial charge < -0.3 is 20.6 Å². The first-order chi connectivity index (χ1) is 8.06. The Hall–Kier alpha value is -1.30. The van der Waals surface area contributed by atoms with Gasteiger partial charge in [0.1, 0.15) is 6.04 Å². The molecule has 1 fully saturated rings. The van der Waals surface area contributed by atoms with Crippen molar-refractivity contribution in [2.24, 2.45) is 5.92 Å². The second-order valence-corrected chi connectivity index (χ2v) is 4.39. The minimum atomic E-state index is -0.970. The van der Waals surface area contributed by atoms with Gasteiger partial charge in [-0.05, 0) is 5.92 Å². The minimum absolute atomic E-state index is 0.0700. The predicted molar refractivity (Wildman–Crippen MR) is 63.9 cm³/mol. The van der Waals surface area contributed by atoms with E-state index in [1.165, 1.54) is 0 Å². The first-order valence-corrected chi connectivity index (χ1v) is 6.05. The number of carbonyl (C=O) groups excluding carboxylic acids is 1. The van der Waals surface area contributed by atoms with E-state index >= 15 is 0 Å². The summed E-state index contributed by atoms with van der Waals surface area (Å²) in [5.74, 6) is -1.04. The van der Waals surface area contributed by atoms with E-state index in [-0.39, 0.29) is 11.9 Å². The number of hydrogen-bond donors (Lipinski definition) is 3. The first kappa shape index (κ1) is 13.8. The van der Waals surface area contributed by atoms with Gasteiger partial charge in [-0.25, -0.2) is 9.59 Å². The van der Waals surface area contributed by atoms with Crippen LogP contribution < -0.4 is 10.6 Å². The zero-order valence-electron chi connectivity index (χ0n) is 10.4. The molecule has 0 aliphatic carbocycles. The Labute approximate surface area is 101 Å². The molecule has 3 N–H and O–H groups in total. The molecule has 1 aliphatic heterocycles. The summed E-state index contributed by atoms with van der Waals surface area (Å²) in [7, 11) is 0. The van der Waals surface area contributed by atoms with E-state index < -0.39 is 12.0 Å². The minimum Gasteiger partial charge on any atom is -0.480 e. The molecule has 98 valence electrons. The van der Waals surface area contributed by atoms with Crippen molar-refractivity contribution in [3.05, 3.63) is 0 Å². The zero-order chi connectivity index (χ0) is 12.8. The fourth-order valence-corrected chi connectivity index (χ4v) is 1.78. The second-order valence-electron chi connectivity index (χ2n) is 4.39. The van der Waals surface area contributed by atoms with Gasteiger partial charge in [0.05, 0.1) is 0 Å². The number of carboxylic acid groups (broad SMARTS) is 1. The number of nitrogens with zero attached hydrogens (tertiary/aromatic N) is 1. The number of carbonyl (C=O) groups is 2. The Kier molecular flexibility index (Phi) is 5.21. The van der Waals surface area contributed by atoms with E-state index in [2.05, 4.69) is 10.6 Å². The van der Waals surface area contributed by atoms with Crippen molar-refractivity contribution in [1.29, 1.82) is 0 Å². The highest BCUT2D eigenvalue weighted by Gasteiger charge is 2.27. The van der Waals surface area contributed by atoms with Crippen LogP contribution in [-0.4, -0.2) is 54.2 Å². The van der Waals surface area contributed by atoms with Crippen molar-refractivity contribution in [2.75, 3.05) is 26.2 Å². The van der Waals surface area contributed by atoms with Crippen molar-refractivity contribution in [2.45, 2.75) is 26.3 Å². The molecular weight excluding hydrogens is 222 g/mol. The summed E-state index contributed by atoms with van der Waals surface area (Å²) in [5.41, 5.74) is 0. The van der Waals surface area contributed by atoms with E-state index in [0.29, 0.717) is 13.1 Å². The molecule has 0 aromatic heterocycles. The van der Waals surface area contributed by atoms with Crippen molar-refractivity contribution < 1.29 is 14.7 Å². The Bertz CT molecular complexity index is 277. The molecule has 1 rings (SSSR count). The van der Waals surface area contributed by atoms with E-state index in [9.17, 15) is 9.59 Å². The Morgan fingerprint density at radius 1 is 1.41 bits per heavy atom. The Morgan fingerprint density at radius 2 is 2.00 bits per heavy atom. The van der Waals surface area contributed by atoms with Gasteiger partial charge in [0.2, 0.25) is 0 Å². The summed E-state index contributed by atoms with van der Waals surface area (Å²) in [6.07, 6.45) is 0.721. The number of piperazine rings is 1. The highest BCUT2D eigenvalue weighted by Crippen LogP contribution is 2.08. The van der Waals surface area contributed by atoms with E-state index in [4.69, 9.17) is 5.11 Å². The molecular formula is C11H21N3O3. The summed E-state index contributed by atoms with van der Waals surface area (Å²) < 4.78 is 0. The number of nitrogens with one attached hydrogen (secondary N) is 2. The summed E-state index contributed by atoms with van der Waals surface area (Å²) in [6, 6.07) is -1.08. The topological polar surface area (TPSA) is 81.7 Å². The predicted octanol–water partition coefficient (Wildman–Crippen LogP) is 0.101. The van der Waals surface area contributed by atoms with E-state index in [1.807, 2.05) is 13.8 Å². The van der Waals surface area contributed by atoms with Crippen LogP contribution in [0.1, 0.15) is 20.3 Å². The number of aliphatic carboxylic acids is 1. The molecule has 17 heavy (non-hydrogen) atoms. The van der Waals surface area contributed by atoms with Crippen LogP contribution in [0.25, 0.3) is 0 Å². The van der Waals surface area contributed by atoms with Crippen molar-refractivity contribution in [1.82, 2.24) is 15.5 Å². The molecule has 1 saturated heterocycles. The average molecular weight is 243 g/mol. The second kappa shape index (κ2) is 6.44. The zero-order valence-corrected chi connectivity index (χ0v) is 10.4. The van der Waals surface area contributed by atoms with Gasteiger partial charge >= 0.3 is 12.0 Å². The van der Waals surface area contributed by atoms with Crippen molar-refractivity contribution in [3.63, 3.8) is 0 Å². The third kappa shape index (κ3) is 3.89. The summed E-state index contributed by atoms with van der Waals surface area (Å²) in [5, 5.41) is 14.8. The van der Waals surface area contributed by atoms with Crippen LogP contribution in [0.3, 0.4) is 0 Å². The first-order valence-electron chi connectivity index (χ1n) is 6.05. The normalized spacial score (nSPS) is 19.5. The fraction of sp³-hybridized carbons (Fsp3) is 0.818. The fourth-order valence-electron chi connectivity index (χ4n) is 1.78. The summed E-state index contributed by atoms with van der Waals surface area (Å²) >= 11 is 0. The average Bonchev–Trinajstić information content (AvgIpc) is 2.35. The highest BCUT2D eigenvalue weighted by atomic mass is 16.4. The molecule has 6 nitrogen and oxygen atoms in total. The van der Waals surface area contributed by atoms with Gasteiger partial charge in [0.25, 0.3) is 0 Å². The summed E-state index contributed by atoms with van der Waals surface area (Å²) in [6.45, 7) is 6.51. The molecule has 0 aromatic carbocycles. The van der Waals surface area contributed by atoms with Gasteiger partial charge in [-0.1, -0.05) is 20.3 Å². The number of rotatable bonds is 4. The van der Waals surface area contributed by atoms with Crippen LogP contribution in [-0.2, 0) is 4.79 Å². The van der Waals surface area contributed by atoms with Crippen LogP contribution in [0.5, 0.6) is 0 Å². The van der Waals surface area contributed by atoms with Gasteiger partial charge in [0, 0.05) is 26.2 Å². The van der Waals surface area contributed by atoms with Crippen LogP contribution in [0.2, 0.25) is 0 Å². The monoisotopic (exact) mass is 243 g/mol. The molecule has 6 heteroatoms. The van der Waals surface area contributed by atoms with Crippen LogP contribution >= 0.6 is 0 Å². The smallest absolute Gasteiger partial charge is 0.326 e. The van der Waals surface area contributed by atoms with Gasteiger partial charge in [-0.2, -0.15) is 0 Å². The van der Waals surface area contributed by atoms with E-state index in [1.54, 1.807) is 4.90 Å². The molecule has 0 spiro atoms. The van der Waals surface area contributed by atoms with Crippen molar-refractivity contribution in [3.8, 4) is 0 Å². The quantitative estimate of drug-likeness (QED) is 0.654. The number of hydrogen-bond acceptors (Lipinski definition) is 3. The third-order valence-electron chi connectivity index (χ3n) is 3.16. The number of urea groups is 1. The lowest BCUT2D eigenvalue weighted by Crippen LogP contribution is -2.55. The molecule has 0 radical (unpaired) electrons. The molecule has 0 aromatic rings. The number of amides is 2. The van der Waals surface area contributed by atoms with E-state index in [0.717, 1.165) is 19.5 Å². The van der Waals surface area contributed by atoms with Crippen LogP contribution in [0.15, 0.2) is 0 Å². The van der Waals surface area contributed by atoms with Gasteiger partial charge in [-0.3, -0.25) is 0 Å². The Morgan fingerprint density at radius 3 is 2.47 bits per heavy atom. The lowest BCUT2D eigenvalue weighted by atomic mass is 9.99. The highest BCUT2D eigenvalue weighted by molar-refractivity contribution is 5.82. The molecule has 2 atom stereocenters. The largest absolute Gasteiger partial charge is 0.480 e. The Balaban J connectivity index is 2.53. The molecule has 0 bridgehead atoms. The lowest BCUT2D eigenvalue weighted by molar-refractivity contribution is -0.140. The van der Waals surface area contributed by atoms with Gasteiger partial charge in [0.15, 0.2) is 0 Å². The standard InChI is InChI=1S/C11H21N3O3/c1-3-8(2)9(10(15)16)13-11(17)14-6-4-12-5-7-14/h8-9,12H,3-7H2,1-2H3,(H,13,17)(H,15,16)/t8-,9-/m0/s1. The molecule has 2 amide bonds. The maximum Gasteiger partial charge on any atom is 0.326 e. The van der Waals surface area contributed by atoms with Crippen LogP contribution in [0.4, 0.5) is 4.79 Å². The summed E-state index contributed by atoms with van der Waals surface area (Å²) in [4.78, 5) is 24.6. The molecule has 0 saturated carbocycles. The number of carboxylic acids is 1. The van der Waals surface area contributed by atoms with Gasteiger partial charge in [-0.15, -0.1) is 0 Å². The molecule has 0 unspecified atom stereocenters.